The van der Waals surface area contributed by atoms with Crippen LogP contribution in [0.1, 0.15) is 15.9 Å². The molecule has 0 aliphatic carbocycles. The van der Waals surface area contributed by atoms with Crippen LogP contribution in [-0.2, 0) is 6.42 Å². The van der Waals surface area contributed by atoms with Gasteiger partial charge in [-0.3, -0.25) is 0 Å². The topological polar surface area (TPSA) is 75.3 Å². The van der Waals surface area contributed by atoms with Crippen LogP contribution < -0.4 is 11.1 Å². The number of anilines is 1. The monoisotopic (exact) mass is 192 g/mol. The maximum atomic E-state index is 10.9. The lowest BCUT2D eigenvalue weighted by atomic mass is 9.97. The zero-order chi connectivity index (χ0) is 10.1. The van der Waals surface area contributed by atoms with E-state index < -0.39 is 5.97 Å². The molecule has 4 nitrogen and oxygen atoms in total. The molecule has 1 aliphatic heterocycles. The van der Waals surface area contributed by atoms with Gasteiger partial charge in [-0.25, -0.2) is 4.79 Å². The normalized spacial score (nSPS) is 19.6. The summed E-state index contributed by atoms with van der Waals surface area (Å²) in [6.07, 6.45) is 0.740. The van der Waals surface area contributed by atoms with Crippen LogP contribution in [0.4, 0.5) is 5.69 Å². The molecule has 74 valence electrons. The maximum absolute atomic E-state index is 10.9. The number of aromatic carboxylic acids is 1. The third-order valence-electron chi connectivity index (χ3n) is 2.40. The number of fused-ring (bicyclic) bond motifs is 1. The molecule has 2 rings (SSSR count). The Morgan fingerprint density at radius 3 is 3.07 bits per heavy atom. The van der Waals surface area contributed by atoms with E-state index in [2.05, 4.69) is 5.32 Å². The number of carboxylic acids is 1. The number of carbonyl (C=O) groups is 1. The van der Waals surface area contributed by atoms with Crippen LogP contribution in [0.5, 0.6) is 0 Å². The second-order valence-electron chi connectivity index (χ2n) is 3.49. The van der Waals surface area contributed by atoms with Gasteiger partial charge in [0.2, 0.25) is 0 Å². The van der Waals surface area contributed by atoms with Crippen molar-refractivity contribution in [2.75, 3.05) is 11.9 Å². The number of nitrogens with two attached hydrogens (primary N) is 1. The fraction of sp³-hybridized carbons (Fsp3) is 0.300. The van der Waals surface area contributed by atoms with Crippen molar-refractivity contribution >= 4 is 11.7 Å². The fourth-order valence-electron chi connectivity index (χ4n) is 1.75. The van der Waals surface area contributed by atoms with Crippen LogP contribution in [-0.4, -0.2) is 23.7 Å². The van der Waals surface area contributed by atoms with Gasteiger partial charge in [0.25, 0.3) is 0 Å². The summed E-state index contributed by atoms with van der Waals surface area (Å²) in [5.41, 5.74) is 7.81. The van der Waals surface area contributed by atoms with Gasteiger partial charge in [-0.1, -0.05) is 12.1 Å². The molecule has 4 heteroatoms. The Kier molecular flexibility index (Phi) is 2.13. The minimum Gasteiger partial charge on any atom is -0.478 e. The lowest BCUT2D eigenvalue weighted by molar-refractivity contribution is 0.0697. The summed E-state index contributed by atoms with van der Waals surface area (Å²) in [5.74, 6) is -0.898. The van der Waals surface area contributed by atoms with Crippen molar-refractivity contribution in [2.45, 2.75) is 12.5 Å². The number of benzene rings is 1. The van der Waals surface area contributed by atoms with E-state index in [1.165, 1.54) is 0 Å². The molecule has 1 aliphatic rings. The molecule has 0 aromatic heterocycles. The van der Waals surface area contributed by atoms with E-state index in [9.17, 15) is 4.79 Å². The van der Waals surface area contributed by atoms with Gasteiger partial charge in [0.15, 0.2) is 0 Å². The van der Waals surface area contributed by atoms with Gasteiger partial charge in [0.05, 0.1) is 11.3 Å². The first kappa shape index (κ1) is 9.02. The van der Waals surface area contributed by atoms with Crippen molar-refractivity contribution in [1.29, 1.82) is 0 Å². The first-order valence-electron chi connectivity index (χ1n) is 4.53. The summed E-state index contributed by atoms with van der Waals surface area (Å²) < 4.78 is 0. The molecule has 0 spiro atoms. The summed E-state index contributed by atoms with van der Waals surface area (Å²) in [7, 11) is 0. The van der Waals surface area contributed by atoms with Crippen molar-refractivity contribution in [1.82, 2.24) is 0 Å². The fourth-order valence-corrected chi connectivity index (χ4v) is 1.75. The molecule has 0 saturated carbocycles. The zero-order valence-corrected chi connectivity index (χ0v) is 7.66. The van der Waals surface area contributed by atoms with Gasteiger partial charge in [0, 0.05) is 12.6 Å². The van der Waals surface area contributed by atoms with Gasteiger partial charge in [-0.2, -0.15) is 0 Å². The Hall–Kier alpha value is -1.55. The number of rotatable bonds is 1. The number of para-hydroxylation sites is 1. The third-order valence-corrected chi connectivity index (χ3v) is 2.40. The second-order valence-corrected chi connectivity index (χ2v) is 3.49. The molecular weight excluding hydrogens is 180 g/mol. The SMILES string of the molecule is NC1CNc2c(cccc2C(=O)O)C1. The first-order valence-corrected chi connectivity index (χ1v) is 4.53. The summed E-state index contributed by atoms with van der Waals surface area (Å²) >= 11 is 0. The van der Waals surface area contributed by atoms with Crippen LogP contribution in [0.15, 0.2) is 18.2 Å². The van der Waals surface area contributed by atoms with Crippen molar-refractivity contribution in [3.63, 3.8) is 0 Å². The lowest BCUT2D eigenvalue weighted by Crippen LogP contribution is -2.35. The first-order chi connectivity index (χ1) is 6.68. The number of nitrogens with one attached hydrogen (secondary N) is 1. The molecule has 0 amide bonds. The van der Waals surface area contributed by atoms with Gasteiger partial charge >= 0.3 is 5.97 Å². The molecule has 0 radical (unpaired) electrons. The Bertz CT molecular complexity index is 376. The van der Waals surface area contributed by atoms with Gasteiger partial charge in [-0.05, 0) is 18.1 Å². The van der Waals surface area contributed by atoms with E-state index >= 15 is 0 Å². The highest BCUT2D eigenvalue weighted by Gasteiger charge is 2.19. The largest absolute Gasteiger partial charge is 0.478 e. The maximum Gasteiger partial charge on any atom is 0.337 e. The molecule has 1 heterocycles. The standard InChI is InChI=1S/C10H12N2O2/c11-7-4-6-2-1-3-8(10(13)14)9(6)12-5-7/h1-3,7,12H,4-5,11H2,(H,13,14). The number of carboxylic acid groups (broad SMARTS) is 1. The quantitative estimate of drug-likeness (QED) is 0.611. The third kappa shape index (κ3) is 1.44. The molecular formula is C10H12N2O2. The highest BCUT2D eigenvalue weighted by molar-refractivity contribution is 5.95. The molecule has 1 aromatic carbocycles. The average Bonchev–Trinajstić information content (AvgIpc) is 2.16. The van der Waals surface area contributed by atoms with Crippen LogP contribution >= 0.6 is 0 Å². The van der Waals surface area contributed by atoms with E-state index in [-0.39, 0.29) is 6.04 Å². The number of hydrogen-bond acceptors (Lipinski definition) is 3. The van der Waals surface area contributed by atoms with E-state index in [0.29, 0.717) is 12.1 Å². The highest BCUT2D eigenvalue weighted by atomic mass is 16.4. The van der Waals surface area contributed by atoms with Crippen molar-refractivity contribution in [3.8, 4) is 0 Å². The molecule has 4 N–H and O–H groups in total. The highest BCUT2D eigenvalue weighted by Crippen LogP contribution is 2.25. The van der Waals surface area contributed by atoms with E-state index in [1.807, 2.05) is 6.07 Å². The van der Waals surface area contributed by atoms with Crippen molar-refractivity contribution < 1.29 is 9.90 Å². The summed E-state index contributed by atoms with van der Waals surface area (Å²) in [4.78, 5) is 10.9. The smallest absolute Gasteiger partial charge is 0.337 e. The molecule has 1 aromatic rings. The lowest BCUT2D eigenvalue weighted by Gasteiger charge is -2.24. The van der Waals surface area contributed by atoms with Crippen molar-refractivity contribution in [2.24, 2.45) is 5.73 Å². The van der Waals surface area contributed by atoms with Crippen LogP contribution in [0, 0.1) is 0 Å². The Morgan fingerprint density at radius 1 is 1.57 bits per heavy atom. The molecule has 1 unspecified atom stereocenters. The molecule has 14 heavy (non-hydrogen) atoms. The van der Waals surface area contributed by atoms with E-state index in [4.69, 9.17) is 10.8 Å². The molecule has 0 fully saturated rings. The van der Waals surface area contributed by atoms with Crippen molar-refractivity contribution in [3.05, 3.63) is 29.3 Å². The summed E-state index contributed by atoms with van der Waals surface area (Å²) in [5, 5.41) is 12.0. The van der Waals surface area contributed by atoms with Crippen LogP contribution in [0.25, 0.3) is 0 Å². The Labute approximate surface area is 81.7 Å². The Balaban J connectivity index is 2.46. The summed E-state index contributed by atoms with van der Waals surface area (Å²) in [6, 6.07) is 5.34. The van der Waals surface area contributed by atoms with Gasteiger partial charge in [0.1, 0.15) is 0 Å². The van der Waals surface area contributed by atoms with Crippen LogP contribution in [0.3, 0.4) is 0 Å². The minimum atomic E-state index is -0.898. The summed E-state index contributed by atoms with van der Waals surface area (Å²) in [6.45, 7) is 0.636. The van der Waals surface area contributed by atoms with E-state index in [1.54, 1.807) is 12.1 Å². The van der Waals surface area contributed by atoms with Gasteiger partial charge in [-0.15, -0.1) is 0 Å². The Morgan fingerprint density at radius 2 is 2.36 bits per heavy atom. The molecule has 1 atom stereocenters. The van der Waals surface area contributed by atoms with E-state index in [0.717, 1.165) is 17.7 Å². The van der Waals surface area contributed by atoms with Crippen LogP contribution in [0.2, 0.25) is 0 Å². The predicted octanol–water partition coefficient (Wildman–Crippen LogP) is 0.680. The molecule has 0 bridgehead atoms. The predicted molar refractivity (Wildman–Crippen MR) is 53.6 cm³/mol. The van der Waals surface area contributed by atoms with Gasteiger partial charge < -0.3 is 16.2 Å². The average molecular weight is 192 g/mol. The minimum absolute atomic E-state index is 0.0755. The zero-order valence-electron chi connectivity index (χ0n) is 7.66. The second kappa shape index (κ2) is 3.31. The molecule has 0 saturated heterocycles. The number of hydrogen-bond donors (Lipinski definition) is 3.